The number of benzene rings is 2. The summed E-state index contributed by atoms with van der Waals surface area (Å²) in [4.78, 5) is 15.5. The summed E-state index contributed by atoms with van der Waals surface area (Å²) in [5, 5.41) is 5.64. The first-order valence-corrected chi connectivity index (χ1v) is 12.5. The molecule has 0 saturated heterocycles. The topological polar surface area (TPSA) is 75.3 Å². The SMILES string of the molecule is CC.CCCN(CCC)c1nc(Nc2ccc3[nH]c(C)c(C)c3c2)c2cc(OC)c(OC)cc2n1. The molecule has 0 saturated carbocycles. The fourth-order valence-electron chi connectivity index (χ4n) is 4.21. The van der Waals surface area contributed by atoms with Crippen LogP contribution in [0.25, 0.3) is 21.8 Å². The molecule has 7 nitrogen and oxygen atoms in total. The summed E-state index contributed by atoms with van der Waals surface area (Å²) in [6.07, 6.45) is 2.05. The third-order valence-electron chi connectivity index (χ3n) is 6.03. The van der Waals surface area contributed by atoms with E-state index in [2.05, 4.69) is 61.1 Å². The Balaban J connectivity index is 0.00000167. The smallest absolute Gasteiger partial charge is 0.227 e. The Kier molecular flexibility index (Phi) is 8.79. The van der Waals surface area contributed by atoms with Crippen molar-refractivity contribution >= 4 is 39.3 Å². The van der Waals surface area contributed by atoms with Gasteiger partial charge in [0.05, 0.1) is 19.7 Å². The Morgan fingerprint density at radius 3 is 2.17 bits per heavy atom. The van der Waals surface area contributed by atoms with E-state index in [0.717, 1.165) is 59.8 Å². The molecule has 0 aliphatic rings. The molecule has 0 radical (unpaired) electrons. The fraction of sp³-hybridized carbons (Fsp3) is 0.429. The molecule has 0 aliphatic carbocycles. The number of nitrogens with zero attached hydrogens (tertiary/aromatic N) is 3. The molecular weight excluding hydrogens is 438 g/mol. The maximum Gasteiger partial charge on any atom is 0.227 e. The Morgan fingerprint density at radius 1 is 0.886 bits per heavy atom. The molecule has 2 N–H and O–H groups in total. The molecule has 0 fully saturated rings. The van der Waals surface area contributed by atoms with Gasteiger partial charge in [0.15, 0.2) is 11.5 Å². The maximum absolute atomic E-state index is 5.56. The van der Waals surface area contributed by atoms with Crippen LogP contribution in [0.2, 0.25) is 0 Å². The number of rotatable bonds is 9. The highest BCUT2D eigenvalue weighted by atomic mass is 16.5. The summed E-state index contributed by atoms with van der Waals surface area (Å²) in [6, 6.07) is 10.2. The van der Waals surface area contributed by atoms with Crippen molar-refractivity contribution in [3.63, 3.8) is 0 Å². The van der Waals surface area contributed by atoms with E-state index < -0.39 is 0 Å². The summed E-state index contributed by atoms with van der Waals surface area (Å²) < 4.78 is 11.1. The number of ether oxygens (including phenoxy) is 2. The van der Waals surface area contributed by atoms with Gasteiger partial charge in [-0.3, -0.25) is 0 Å². The number of fused-ring (bicyclic) bond motifs is 2. The largest absolute Gasteiger partial charge is 0.493 e. The van der Waals surface area contributed by atoms with Crippen molar-refractivity contribution in [2.24, 2.45) is 0 Å². The van der Waals surface area contributed by atoms with Gasteiger partial charge in [-0.2, -0.15) is 4.98 Å². The van der Waals surface area contributed by atoms with Gasteiger partial charge in [-0.05, 0) is 56.5 Å². The standard InChI is InChI=1S/C26H33N5O2.C2H6/c1-7-11-31(12-8-2)26-29-22-15-24(33-6)23(32-5)14-20(22)25(30-26)28-18-9-10-21-19(13-18)16(3)17(4)27-21;1-2/h9-10,13-15,27H,7-8,11-12H2,1-6H3,(H,28,29,30);1-2H3. The second-order valence-electron chi connectivity index (χ2n) is 8.34. The van der Waals surface area contributed by atoms with E-state index in [1.54, 1.807) is 14.2 Å². The van der Waals surface area contributed by atoms with Gasteiger partial charge in [0.25, 0.3) is 0 Å². The van der Waals surface area contributed by atoms with Crippen LogP contribution in [0.15, 0.2) is 30.3 Å². The van der Waals surface area contributed by atoms with E-state index in [1.165, 1.54) is 16.6 Å². The van der Waals surface area contributed by atoms with Crippen molar-refractivity contribution in [1.29, 1.82) is 0 Å². The van der Waals surface area contributed by atoms with E-state index in [-0.39, 0.29) is 0 Å². The minimum absolute atomic E-state index is 0.649. The number of aromatic amines is 1. The maximum atomic E-state index is 5.56. The van der Waals surface area contributed by atoms with Crippen molar-refractivity contribution in [2.45, 2.75) is 54.4 Å². The Bertz CT molecular complexity index is 1280. The predicted octanol–water partition coefficient (Wildman–Crippen LogP) is 7.14. The molecule has 35 heavy (non-hydrogen) atoms. The average molecular weight is 478 g/mol. The molecule has 0 bridgehead atoms. The first-order chi connectivity index (χ1) is 17.0. The zero-order valence-electron chi connectivity index (χ0n) is 22.4. The molecule has 0 unspecified atom stereocenters. The van der Waals surface area contributed by atoms with Gasteiger partial charge in [0.1, 0.15) is 5.82 Å². The van der Waals surface area contributed by atoms with Crippen LogP contribution in [-0.4, -0.2) is 42.3 Å². The Labute approximate surface area is 208 Å². The van der Waals surface area contributed by atoms with Crippen molar-refractivity contribution < 1.29 is 9.47 Å². The molecule has 2 heterocycles. The normalized spacial score (nSPS) is 10.7. The molecular formula is C28H39N5O2. The zero-order valence-corrected chi connectivity index (χ0v) is 22.4. The van der Waals surface area contributed by atoms with E-state index in [0.29, 0.717) is 11.5 Å². The predicted molar refractivity (Wildman–Crippen MR) is 148 cm³/mol. The Morgan fingerprint density at radius 2 is 1.54 bits per heavy atom. The number of anilines is 3. The van der Waals surface area contributed by atoms with E-state index in [1.807, 2.05) is 26.0 Å². The molecule has 4 aromatic rings. The van der Waals surface area contributed by atoms with Gasteiger partial charge in [0, 0.05) is 46.8 Å². The summed E-state index contributed by atoms with van der Waals surface area (Å²) >= 11 is 0. The molecule has 188 valence electrons. The lowest BCUT2D eigenvalue weighted by molar-refractivity contribution is 0.356. The lowest BCUT2D eigenvalue weighted by Crippen LogP contribution is -2.27. The van der Waals surface area contributed by atoms with Gasteiger partial charge in [-0.25, -0.2) is 4.98 Å². The van der Waals surface area contributed by atoms with Crippen molar-refractivity contribution in [2.75, 3.05) is 37.5 Å². The van der Waals surface area contributed by atoms with Gasteiger partial charge in [0.2, 0.25) is 5.95 Å². The summed E-state index contributed by atoms with van der Waals surface area (Å²) in [5.41, 5.74) is 5.36. The molecule has 2 aromatic carbocycles. The fourth-order valence-corrected chi connectivity index (χ4v) is 4.21. The number of aryl methyl sites for hydroxylation is 2. The van der Waals surface area contributed by atoms with Gasteiger partial charge >= 0.3 is 0 Å². The van der Waals surface area contributed by atoms with Crippen molar-refractivity contribution in [3.8, 4) is 11.5 Å². The van der Waals surface area contributed by atoms with Crippen LogP contribution in [0.1, 0.15) is 51.8 Å². The first-order valence-electron chi connectivity index (χ1n) is 12.5. The van der Waals surface area contributed by atoms with E-state index in [4.69, 9.17) is 19.4 Å². The third-order valence-corrected chi connectivity index (χ3v) is 6.03. The second kappa shape index (κ2) is 11.8. The average Bonchev–Trinajstić information content (AvgIpc) is 3.17. The monoisotopic (exact) mass is 477 g/mol. The molecule has 4 rings (SSSR count). The number of hydrogen-bond donors (Lipinski definition) is 2. The lowest BCUT2D eigenvalue weighted by atomic mass is 10.1. The first kappa shape index (κ1) is 26.1. The minimum atomic E-state index is 0.649. The molecule has 0 aliphatic heterocycles. The number of nitrogens with one attached hydrogen (secondary N) is 2. The van der Waals surface area contributed by atoms with Crippen LogP contribution < -0.4 is 19.7 Å². The van der Waals surface area contributed by atoms with Crippen LogP contribution in [0, 0.1) is 13.8 Å². The number of aromatic nitrogens is 3. The van der Waals surface area contributed by atoms with E-state index in [9.17, 15) is 0 Å². The van der Waals surface area contributed by atoms with Gasteiger partial charge in [-0.1, -0.05) is 27.7 Å². The lowest BCUT2D eigenvalue weighted by Gasteiger charge is -2.23. The highest BCUT2D eigenvalue weighted by Gasteiger charge is 2.17. The minimum Gasteiger partial charge on any atom is -0.493 e. The van der Waals surface area contributed by atoms with Gasteiger partial charge < -0.3 is 24.7 Å². The summed E-state index contributed by atoms with van der Waals surface area (Å²) in [5.74, 6) is 2.77. The highest BCUT2D eigenvalue weighted by Crippen LogP contribution is 2.36. The molecule has 0 spiro atoms. The van der Waals surface area contributed by atoms with Gasteiger partial charge in [-0.15, -0.1) is 0 Å². The van der Waals surface area contributed by atoms with Crippen molar-refractivity contribution in [1.82, 2.24) is 15.0 Å². The second-order valence-corrected chi connectivity index (χ2v) is 8.34. The molecule has 7 heteroatoms. The molecule has 0 atom stereocenters. The number of methoxy groups -OCH3 is 2. The Hall–Kier alpha value is -3.48. The van der Waals surface area contributed by atoms with Crippen molar-refractivity contribution in [3.05, 3.63) is 41.6 Å². The van der Waals surface area contributed by atoms with E-state index >= 15 is 0 Å². The highest BCUT2D eigenvalue weighted by molar-refractivity contribution is 5.95. The summed E-state index contributed by atoms with van der Waals surface area (Å²) in [7, 11) is 3.28. The molecule has 0 amide bonds. The number of H-pyrrole nitrogens is 1. The van der Waals surface area contributed by atoms with Crippen LogP contribution in [0.4, 0.5) is 17.5 Å². The third kappa shape index (κ3) is 5.45. The quantitative estimate of drug-likeness (QED) is 0.267. The van der Waals surface area contributed by atoms with Crippen LogP contribution in [0.3, 0.4) is 0 Å². The number of hydrogen-bond acceptors (Lipinski definition) is 6. The van der Waals surface area contributed by atoms with Crippen LogP contribution in [-0.2, 0) is 0 Å². The van der Waals surface area contributed by atoms with Crippen LogP contribution >= 0.6 is 0 Å². The summed E-state index contributed by atoms with van der Waals surface area (Å²) in [6.45, 7) is 14.4. The van der Waals surface area contributed by atoms with Crippen LogP contribution in [0.5, 0.6) is 11.5 Å². The zero-order chi connectivity index (χ0) is 25.5. The molecule has 2 aromatic heterocycles.